The third kappa shape index (κ3) is 4.56. The second kappa shape index (κ2) is 8.41. The molecule has 3 rings (SSSR count). The smallest absolute Gasteiger partial charge is 0.0709 e. The van der Waals surface area contributed by atoms with Crippen LogP contribution in [-0.4, -0.2) is 4.98 Å². The zero-order valence-electron chi connectivity index (χ0n) is 13.2. The number of hydrogen-bond donors (Lipinski definition) is 0. The van der Waals surface area contributed by atoms with Crippen LogP contribution in [0.5, 0.6) is 0 Å². The maximum atomic E-state index is 4.58. The van der Waals surface area contributed by atoms with E-state index in [-0.39, 0.29) is 0 Å². The fraction of sp³-hybridized carbons (Fsp3) is 0.350. The van der Waals surface area contributed by atoms with E-state index in [2.05, 4.69) is 37.0 Å². The van der Waals surface area contributed by atoms with Gasteiger partial charge in [0.1, 0.15) is 0 Å². The Morgan fingerprint density at radius 1 is 0.667 bits per heavy atom. The van der Waals surface area contributed by atoms with Crippen molar-refractivity contribution in [2.75, 3.05) is 0 Å². The van der Waals surface area contributed by atoms with E-state index < -0.39 is 0 Å². The summed E-state index contributed by atoms with van der Waals surface area (Å²) in [7, 11) is 0. The van der Waals surface area contributed by atoms with E-state index >= 15 is 0 Å². The van der Waals surface area contributed by atoms with Gasteiger partial charge in [0.15, 0.2) is 0 Å². The summed E-state index contributed by atoms with van der Waals surface area (Å²) in [5.74, 6) is 0. The average Bonchev–Trinajstić information content (AvgIpc) is 2.54. The van der Waals surface area contributed by atoms with E-state index in [1.165, 1.54) is 42.9 Å². The second-order valence-electron chi connectivity index (χ2n) is 5.43. The van der Waals surface area contributed by atoms with Crippen LogP contribution in [0.25, 0.3) is 21.8 Å². The van der Waals surface area contributed by atoms with Crippen LogP contribution in [0.15, 0.2) is 54.6 Å². The van der Waals surface area contributed by atoms with Crippen LogP contribution in [0.3, 0.4) is 0 Å². The summed E-state index contributed by atoms with van der Waals surface area (Å²) in [5.41, 5.74) is 2.12. The molecule has 1 heterocycles. The fourth-order valence-electron chi connectivity index (χ4n) is 2.40. The Morgan fingerprint density at radius 3 is 1.62 bits per heavy atom. The highest BCUT2D eigenvalue weighted by atomic mass is 14.7. The van der Waals surface area contributed by atoms with E-state index in [4.69, 9.17) is 0 Å². The SMILES string of the molecule is CCCCCCC.c1ccc2nc3ccccc3cc2c1. The molecule has 0 radical (unpaired) electrons. The van der Waals surface area contributed by atoms with Crippen LogP contribution >= 0.6 is 0 Å². The molecule has 21 heavy (non-hydrogen) atoms. The number of rotatable bonds is 4. The first kappa shape index (κ1) is 15.5. The van der Waals surface area contributed by atoms with Crippen molar-refractivity contribution in [2.45, 2.75) is 46.0 Å². The molecule has 0 spiro atoms. The number of benzene rings is 2. The molecule has 0 unspecified atom stereocenters. The average molecular weight is 279 g/mol. The van der Waals surface area contributed by atoms with Crippen molar-refractivity contribution in [1.29, 1.82) is 0 Å². The molecule has 3 aromatic rings. The maximum absolute atomic E-state index is 4.58. The summed E-state index contributed by atoms with van der Waals surface area (Å²) in [6.45, 7) is 4.49. The normalized spacial score (nSPS) is 10.4. The predicted octanol–water partition coefficient (Wildman–Crippen LogP) is 6.36. The molecule has 1 nitrogen and oxygen atoms in total. The summed E-state index contributed by atoms with van der Waals surface area (Å²) >= 11 is 0. The third-order valence-electron chi connectivity index (χ3n) is 3.63. The first-order chi connectivity index (χ1) is 10.3. The first-order valence-electron chi connectivity index (χ1n) is 8.09. The van der Waals surface area contributed by atoms with Crippen LogP contribution in [0.2, 0.25) is 0 Å². The Bertz CT molecular complexity index is 564. The molecule has 0 saturated heterocycles. The van der Waals surface area contributed by atoms with Gasteiger partial charge in [-0.05, 0) is 18.2 Å². The molecule has 0 saturated carbocycles. The van der Waals surface area contributed by atoms with E-state index in [0.29, 0.717) is 0 Å². The molecule has 1 heteroatoms. The van der Waals surface area contributed by atoms with Crippen molar-refractivity contribution in [3.8, 4) is 0 Å². The van der Waals surface area contributed by atoms with Gasteiger partial charge in [-0.15, -0.1) is 0 Å². The van der Waals surface area contributed by atoms with Gasteiger partial charge in [-0.2, -0.15) is 0 Å². The lowest BCUT2D eigenvalue weighted by atomic mass is 10.1. The molecule has 0 fully saturated rings. The van der Waals surface area contributed by atoms with Crippen molar-refractivity contribution < 1.29 is 0 Å². The van der Waals surface area contributed by atoms with Gasteiger partial charge in [0.25, 0.3) is 0 Å². The van der Waals surface area contributed by atoms with Crippen LogP contribution in [0.1, 0.15) is 46.0 Å². The van der Waals surface area contributed by atoms with E-state index in [1.807, 2.05) is 36.4 Å². The highest BCUT2D eigenvalue weighted by Gasteiger charge is 1.96. The molecule has 110 valence electrons. The van der Waals surface area contributed by atoms with Gasteiger partial charge in [-0.25, -0.2) is 4.98 Å². The zero-order chi connectivity index (χ0) is 14.9. The van der Waals surface area contributed by atoms with E-state index in [9.17, 15) is 0 Å². The molecule has 2 aromatic carbocycles. The van der Waals surface area contributed by atoms with Crippen molar-refractivity contribution in [3.63, 3.8) is 0 Å². The highest BCUT2D eigenvalue weighted by molar-refractivity contribution is 5.92. The van der Waals surface area contributed by atoms with Crippen molar-refractivity contribution >= 4 is 21.8 Å². The summed E-state index contributed by atoms with van der Waals surface area (Å²) in [5, 5.41) is 2.40. The topological polar surface area (TPSA) is 12.9 Å². The lowest BCUT2D eigenvalue weighted by molar-refractivity contribution is 0.656. The second-order valence-corrected chi connectivity index (χ2v) is 5.43. The molecule has 0 aliphatic carbocycles. The number of pyridine rings is 1. The Morgan fingerprint density at radius 2 is 1.14 bits per heavy atom. The number of aromatic nitrogens is 1. The fourth-order valence-corrected chi connectivity index (χ4v) is 2.40. The summed E-state index contributed by atoms with van der Waals surface area (Å²) in [4.78, 5) is 4.58. The third-order valence-corrected chi connectivity index (χ3v) is 3.63. The van der Waals surface area contributed by atoms with Gasteiger partial charge in [-0.1, -0.05) is 82.3 Å². The minimum atomic E-state index is 1.06. The van der Waals surface area contributed by atoms with Crippen LogP contribution in [0, 0.1) is 0 Å². The van der Waals surface area contributed by atoms with Gasteiger partial charge in [0, 0.05) is 10.8 Å². The zero-order valence-corrected chi connectivity index (χ0v) is 13.2. The number of unbranched alkanes of at least 4 members (excludes halogenated alkanes) is 4. The van der Waals surface area contributed by atoms with Crippen molar-refractivity contribution in [2.24, 2.45) is 0 Å². The van der Waals surface area contributed by atoms with Crippen molar-refractivity contribution in [3.05, 3.63) is 54.6 Å². The molecule has 1 aromatic heterocycles. The minimum Gasteiger partial charge on any atom is -0.248 e. The Labute approximate surface area is 128 Å². The van der Waals surface area contributed by atoms with Crippen LogP contribution in [-0.2, 0) is 0 Å². The standard InChI is InChI=1S/C13H9N.C7H16/c1-3-7-12-10(5-1)9-11-6-2-4-8-13(11)14-12;1-3-5-7-6-4-2/h1-9H;3-7H2,1-2H3. The molecule has 0 N–H and O–H groups in total. The van der Waals surface area contributed by atoms with Gasteiger partial charge in [-0.3, -0.25) is 0 Å². The molecule has 0 amide bonds. The summed E-state index contributed by atoms with van der Waals surface area (Å²) in [6.07, 6.45) is 7.01. The number of para-hydroxylation sites is 2. The minimum absolute atomic E-state index is 1.06. The molecular formula is C20H25N. The summed E-state index contributed by atoms with van der Waals surface area (Å²) < 4.78 is 0. The maximum Gasteiger partial charge on any atom is 0.0709 e. The van der Waals surface area contributed by atoms with Crippen LogP contribution < -0.4 is 0 Å². The number of fused-ring (bicyclic) bond motifs is 2. The van der Waals surface area contributed by atoms with Gasteiger partial charge >= 0.3 is 0 Å². The Kier molecular flexibility index (Phi) is 6.21. The van der Waals surface area contributed by atoms with E-state index in [1.54, 1.807) is 0 Å². The molecule has 0 bridgehead atoms. The largest absolute Gasteiger partial charge is 0.248 e. The summed E-state index contributed by atoms with van der Waals surface area (Å²) in [6, 6.07) is 18.6. The number of nitrogens with zero attached hydrogens (tertiary/aromatic N) is 1. The molecule has 0 aliphatic rings. The van der Waals surface area contributed by atoms with E-state index in [0.717, 1.165) is 11.0 Å². The molecule has 0 atom stereocenters. The Balaban J connectivity index is 0.000000199. The number of hydrogen-bond acceptors (Lipinski definition) is 1. The lowest BCUT2D eigenvalue weighted by Gasteiger charge is -1.99. The highest BCUT2D eigenvalue weighted by Crippen LogP contribution is 2.18. The van der Waals surface area contributed by atoms with Gasteiger partial charge in [0.05, 0.1) is 11.0 Å². The van der Waals surface area contributed by atoms with Crippen LogP contribution in [0.4, 0.5) is 0 Å². The first-order valence-corrected chi connectivity index (χ1v) is 8.09. The molecular weight excluding hydrogens is 254 g/mol. The quantitative estimate of drug-likeness (QED) is 0.399. The van der Waals surface area contributed by atoms with Gasteiger partial charge < -0.3 is 0 Å². The Hall–Kier alpha value is -1.89. The van der Waals surface area contributed by atoms with Gasteiger partial charge in [0.2, 0.25) is 0 Å². The molecule has 0 aliphatic heterocycles. The lowest BCUT2D eigenvalue weighted by Crippen LogP contribution is -1.80. The van der Waals surface area contributed by atoms with Crippen molar-refractivity contribution in [1.82, 2.24) is 4.98 Å². The monoisotopic (exact) mass is 279 g/mol. The predicted molar refractivity (Wildman–Crippen MR) is 93.7 cm³/mol.